The number of rotatable bonds is 4. The Morgan fingerprint density at radius 1 is 1.42 bits per heavy atom. The molecule has 0 spiro atoms. The number of aromatic carboxylic acids is 1. The van der Waals surface area contributed by atoms with Gasteiger partial charge in [-0.15, -0.1) is 0 Å². The van der Waals surface area contributed by atoms with Crippen LogP contribution < -0.4 is 10.8 Å². The molecular weight excluding hydrogens is 252 g/mol. The standard InChI is InChI=1S/C12H12N2O5/c15-10(13-9-6-19-14-11(9)16)5-7-3-1-2-4-8(7)12(17)18/h1-4,9H,5-6H2,(H,13,15)(H,14,16)(H,17,18)/t9-/m1/s1. The molecule has 0 aliphatic carbocycles. The summed E-state index contributed by atoms with van der Waals surface area (Å²) in [7, 11) is 0. The SMILES string of the molecule is O=C(Cc1ccccc1C(=O)O)N[C@@H]1CONC1=O. The van der Waals surface area contributed by atoms with E-state index in [4.69, 9.17) is 5.11 Å². The van der Waals surface area contributed by atoms with Gasteiger partial charge in [-0.2, -0.15) is 0 Å². The van der Waals surface area contributed by atoms with Crippen molar-refractivity contribution in [3.63, 3.8) is 0 Å². The van der Waals surface area contributed by atoms with Gasteiger partial charge in [0.25, 0.3) is 5.91 Å². The van der Waals surface area contributed by atoms with Crippen LogP contribution in [0.15, 0.2) is 24.3 Å². The van der Waals surface area contributed by atoms with E-state index >= 15 is 0 Å². The first-order valence-corrected chi connectivity index (χ1v) is 5.60. The quantitative estimate of drug-likeness (QED) is 0.678. The molecule has 3 N–H and O–H groups in total. The van der Waals surface area contributed by atoms with E-state index in [-0.39, 0.29) is 18.6 Å². The monoisotopic (exact) mass is 264 g/mol. The minimum absolute atomic E-state index is 0.0607. The Morgan fingerprint density at radius 3 is 2.79 bits per heavy atom. The first kappa shape index (κ1) is 13.0. The van der Waals surface area contributed by atoms with Gasteiger partial charge in [-0.1, -0.05) is 18.2 Å². The summed E-state index contributed by atoms with van der Waals surface area (Å²) in [6, 6.07) is 5.50. The highest BCUT2D eigenvalue weighted by atomic mass is 16.7. The second-order valence-corrected chi connectivity index (χ2v) is 4.04. The normalized spacial score (nSPS) is 17.9. The van der Waals surface area contributed by atoms with Crippen molar-refractivity contribution in [2.45, 2.75) is 12.5 Å². The summed E-state index contributed by atoms with van der Waals surface area (Å²) < 4.78 is 0. The molecule has 19 heavy (non-hydrogen) atoms. The van der Waals surface area contributed by atoms with Gasteiger partial charge in [-0.05, 0) is 11.6 Å². The van der Waals surface area contributed by atoms with Crippen molar-refractivity contribution >= 4 is 17.8 Å². The summed E-state index contributed by atoms with van der Waals surface area (Å²) >= 11 is 0. The number of carbonyl (C=O) groups excluding carboxylic acids is 2. The molecule has 0 unspecified atom stereocenters. The first-order valence-electron chi connectivity index (χ1n) is 5.60. The minimum atomic E-state index is -1.09. The number of hydrogen-bond acceptors (Lipinski definition) is 4. The van der Waals surface area contributed by atoms with E-state index in [0.29, 0.717) is 5.56 Å². The lowest BCUT2D eigenvalue weighted by molar-refractivity contribution is -0.128. The summed E-state index contributed by atoms with van der Waals surface area (Å²) in [5.74, 6) is -1.94. The molecular formula is C12H12N2O5. The number of nitrogens with one attached hydrogen (secondary N) is 2. The van der Waals surface area contributed by atoms with E-state index in [0.717, 1.165) is 0 Å². The molecule has 0 saturated carbocycles. The lowest BCUT2D eigenvalue weighted by atomic mass is 10.0. The average molecular weight is 264 g/mol. The van der Waals surface area contributed by atoms with Crippen molar-refractivity contribution in [1.82, 2.24) is 10.8 Å². The largest absolute Gasteiger partial charge is 0.478 e. The lowest BCUT2D eigenvalue weighted by Gasteiger charge is -2.09. The molecule has 1 saturated heterocycles. The van der Waals surface area contributed by atoms with Crippen LogP contribution in [0.4, 0.5) is 0 Å². The molecule has 100 valence electrons. The van der Waals surface area contributed by atoms with Gasteiger partial charge in [0.1, 0.15) is 12.6 Å². The summed E-state index contributed by atoms with van der Waals surface area (Å²) in [5, 5.41) is 11.5. The number of hydrogen-bond donors (Lipinski definition) is 3. The first-order chi connectivity index (χ1) is 9.08. The number of benzene rings is 1. The highest BCUT2D eigenvalue weighted by Crippen LogP contribution is 2.09. The van der Waals surface area contributed by atoms with Crippen molar-refractivity contribution in [3.05, 3.63) is 35.4 Å². The van der Waals surface area contributed by atoms with Crippen molar-refractivity contribution in [2.75, 3.05) is 6.61 Å². The van der Waals surface area contributed by atoms with Crippen molar-refractivity contribution < 1.29 is 24.3 Å². The molecule has 1 aromatic rings. The Kier molecular flexibility index (Phi) is 3.76. The minimum Gasteiger partial charge on any atom is -0.478 e. The van der Waals surface area contributed by atoms with Crippen LogP contribution in [0.25, 0.3) is 0 Å². The third kappa shape index (κ3) is 3.08. The molecule has 1 fully saturated rings. The van der Waals surface area contributed by atoms with E-state index in [1.807, 2.05) is 0 Å². The zero-order chi connectivity index (χ0) is 13.8. The maximum absolute atomic E-state index is 11.7. The molecule has 2 rings (SSSR count). The van der Waals surface area contributed by atoms with Gasteiger partial charge in [0.2, 0.25) is 5.91 Å². The lowest BCUT2D eigenvalue weighted by Crippen LogP contribution is -2.42. The van der Waals surface area contributed by atoms with Crippen LogP contribution in [0.3, 0.4) is 0 Å². The molecule has 0 radical (unpaired) electrons. The number of hydroxylamine groups is 1. The maximum atomic E-state index is 11.7. The highest BCUT2D eigenvalue weighted by molar-refractivity contribution is 5.93. The third-order valence-electron chi connectivity index (χ3n) is 2.67. The van der Waals surface area contributed by atoms with Crippen molar-refractivity contribution in [2.24, 2.45) is 0 Å². The van der Waals surface area contributed by atoms with Crippen LogP contribution in [0.1, 0.15) is 15.9 Å². The van der Waals surface area contributed by atoms with Crippen LogP contribution in [-0.4, -0.2) is 35.5 Å². The fourth-order valence-electron chi connectivity index (χ4n) is 1.75. The Bertz CT molecular complexity index is 529. The summed E-state index contributed by atoms with van der Waals surface area (Å²) in [5.41, 5.74) is 2.59. The molecule has 1 aliphatic heterocycles. The number of carbonyl (C=O) groups is 3. The number of carboxylic acid groups (broad SMARTS) is 1. The van der Waals surface area contributed by atoms with Crippen LogP contribution in [0.5, 0.6) is 0 Å². The molecule has 7 nitrogen and oxygen atoms in total. The Labute approximate surface area is 108 Å². The summed E-state index contributed by atoms with van der Waals surface area (Å²) in [6.45, 7) is 0.0607. The van der Waals surface area contributed by atoms with E-state index in [2.05, 4.69) is 15.6 Å². The average Bonchev–Trinajstić information content (AvgIpc) is 2.75. The molecule has 2 amide bonds. The van der Waals surface area contributed by atoms with Gasteiger partial charge in [0.15, 0.2) is 0 Å². The van der Waals surface area contributed by atoms with Crippen molar-refractivity contribution in [1.29, 1.82) is 0 Å². The Hall–Kier alpha value is -2.41. The van der Waals surface area contributed by atoms with Gasteiger partial charge in [-0.3, -0.25) is 14.4 Å². The molecule has 0 aromatic heterocycles. The van der Waals surface area contributed by atoms with Gasteiger partial charge in [-0.25, -0.2) is 10.3 Å². The Morgan fingerprint density at radius 2 is 2.16 bits per heavy atom. The number of carboxylic acids is 1. The fraction of sp³-hybridized carbons (Fsp3) is 0.250. The van der Waals surface area contributed by atoms with Crippen LogP contribution in [-0.2, 0) is 20.8 Å². The zero-order valence-electron chi connectivity index (χ0n) is 9.88. The predicted octanol–water partition coefficient (Wildman–Crippen LogP) is -0.527. The molecule has 1 heterocycles. The smallest absolute Gasteiger partial charge is 0.335 e. The molecule has 7 heteroatoms. The molecule has 1 aliphatic rings. The van der Waals surface area contributed by atoms with E-state index < -0.39 is 23.8 Å². The molecule has 0 bridgehead atoms. The second-order valence-electron chi connectivity index (χ2n) is 4.04. The predicted molar refractivity (Wildman–Crippen MR) is 63.1 cm³/mol. The van der Waals surface area contributed by atoms with Gasteiger partial charge in [0, 0.05) is 0 Å². The van der Waals surface area contributed by atoms with Gasteiger partial charge < -0.3 is 10.4 Å². The van der Waals surface area contributed by atoms with Crippen LogP contribution in [0, 0.1) is 0 Å². The van der Waals surface area contributed by atoms with E-state index in [1.165, 1.54) is 6.07 Å². The third-order valence-corrected chi connectivity index (χ3v) is 2.67. The summed E-state index contributed by atoms with van der Waals surface area (Å²) in [6.07, 6.45) is -0.105. The number of amides is 2. The molecule has 1 aromatic carbocycles. The van der Waals surface area contributed by atoms with Crippen LogP contribution >= 0.6 is 0 Å². The van der Waals surface area contributed by atoms with Crippen molar-refractivity contribution in [3.8, 4) is 0 Å². The van der Waals surface area contributed by atoms with Crippen LogP contribution in [0.2, 0.25) is 0 Å². The topological polar surface area (TPSA) is 105 Å². The summed E-state index contributed by atoms with van der Waals surface area (Å²) in [4.78, 5) is 38.6. The van der Waals surface area contributed by atoms with Gasteiger partial charge >= 0.3 is 5.97 Å². The van der Waals surface area contributed by atoms with Gasteiger partial charge in [0.05, 0.1) is 12.0 Å². The Balaban J connectivity index is 2.03. The fourth-order valence-corrected chi connectivity index (χ4v) is 1.75. The highest BCUT2D eigenvalue weighted by Gasteiger charge is 2.27. The second kappa shape index (κ2) is 5.49. The zero-order valence-corrected chi connectivity index (χ0v) is 9.88. The maximum Gasteiger partial charge on any atom is 0.335 e. The molecule has 1 atom stereocenters. The van der Waals surface area contributed by atoms with E-state index in [9.17, 15) is 14.4 Å². The van der Waals surface area contributed by atoms with E-state index in [1.54, 1.807) is 18.2 Å².